The molecule has 0 aromatic heterocycles. The fourth-order valence-electron chi connectivity index (χ4n) is 3.70. The molecule has 0 N–H and O–H groups in total. The fourth-order valence-corrected chi connectivity index (χ4v) is 3.70. The molecular weight excluding hydrogens is 400 g/mol. The zero-order valence-corrected chi connectivity index (χ0v) is 17.7. The number of rotatable bonds is 6. The Balaban J connectivity index is 1.74. The molecule has 0 saturated heterocycles. The molecular formula is C27H22N2O3. The predicted molar refractivity (Wildman–Crippen MR) is 124 cm³/mol. The van der Waals surface area contributed by atoms with Crippen molar-refractivity contribution < 1.29 is 14.3 Å². The number of amides is 2. The quantitative estimate of drug-likeness (QED) is 0.303. The van der Waals surface area contributed by atoms with Crippen LogP contribution < -0.4 is 9.64 Å². The number of unbranched alkanes of at least 4 members (excludes halogenated alkanes) is 1. The molecule has 0 bridgehead atoms. The lowest BCUT2D eigenvalue weighted by Gasteiger charge is -2.29. The number of fused-ring (bicyclic) bond motifs is 1. The zero-order valence-electron chi connectivity index (χ0n) is 17.7. The molecule has 0 radical (unpaired) electrons. The van der Waals surface area contributed by atoms with Crippen molar-refractivity contribution in [1.82, 2.24) is 0 Å². The standard InChI is InChI=1S/C27H22N2O3/c1-19-8-6-10-21(16-19)29-26(30)24-13-3-2-12-23(24)25(27(29)31)18-20-9-7-11-22(17-20)32-15-5-4-14-28/h2-3,6-13,16-18H,4-5,15H2,1H3/b25-18+. The van der Waals surface area contributed by atoms with Gasteiger partial charge in [-0.15, -0.1) is 0 Å². The molecule has 1 heterocycles. The Labute approximate surface area is 187 Å². The summed E-state index contributed by atoms with van der Waals surface area (Å²) in [5.41, 5.74) is 3.86. The average molecular weight is 422 g/mol. The number of benzene rings is 3. The number of hydrogen-bond acceptors (Lipinski definition) is 4. The number of ether oxygens (including phenoxy) is 1. The lowest BCUT2D eigenvalue weighted by atomic mass is 9.91. The Hall–Kier alpha value is -4.17. The molecule has 2 amide bonds. The summed E-state index contributed by atoms with van der Waals surface area (Å²) in [6.45, 7) is 2.38. The summed E-state index contributed by atoms with van der Waals surface area (Å²) in [6, 6.07) is 24.1. The van der Waals surface area contributed by atoms with E-state index in [0.717, 1.165) is 11.1 Å². The van der Waals surface area contributed by atoms with Crippen molar-refractivity contribution in [1.29, 1.82) is 5.26 Å². The van der Waals surface area contributed by atoms with Gasteiger partial charge in [0, 0.05) is 17.6 Å². The highest BCUT2D eigenvalue weighted by Gasteiger charge is 2.35. The molecule has 4 rings (SSSR count). The van der Waals surface area contributed by atoms with Crippen LogP contribution in [-0.2, 0) is 4.79 Å². The summed E-state index contributed by atoms with van der Waals surface area (Å²) < 4.78 is 5.73. The van der Waals surface area contributed by atoms with Crippen LogP contribution in [0, 0.1) is 18.3 Å². The number of hydrogen-bond donors (Lipinski definition) is 0. The Morgan fingerprint density at radius 3 is 2.50 bits per heavy atom. The van der Waals surface area contributed by atoms with Gasteiger partial charge in [0.15, 0.2) is 0 Å². The van der Waals surface area contributed by atoms with E-state index in [1.165, 1.54) is 4.90 Å². The van der Waals surface area contributed by atoms with Crippen LogP contribution in [0.3, 0.4) is 0 Å². The first-order valence-electron chi connectivity index (χ1n) is 10.4. The molecule has 1 aliphatic rings. The number of aryl methyl sites for hydroxylation is 1. The predicted octanol–water partition coefficient (Wildman–Crippen LogP) is 5.41. The smallest absolute Gasteiger partial charge is 0.265 e. The minimum absolute atomic E-state index is 0.331. The summed E-state index contributed by atoms with van der Waals surface area (Å²) in [5.74, 6) is -0.0250. The van der Waals surface area contributed by atoms with E-state index in [4.69, 9.17) is 10.00 Å². The fraction of sp³-hybridized carbons (Fsp3) is 0.148. The number of carbonyl (C=O) groups is 2. The van der Waals surface area contributed by atoms with Crippen molar-refractivity contribution in [3.63, 3.8) is 0 Å². The van der Waals surface area contributed by atoms with Gasteiger partial charge in [-0.25, -0.2) is 4.90 Å². The Bertz CT molecular complexity index is 1250. The van der Waals surface area contributed by atoms with E-state index < -0.39 is 0 Å². The molecule has 0 saturated carbocycles. The lowest BCUT2D eigenvalue weighted by molar-refractivity contribution is -0.112. The van der Waals surface area contributed by atoms with Crippen molar-refractivity contribution in [3.8, 4) is 11.8 Å². The maximum atomic E-state index is 13.5. The summed E-state index contributed by atoms with van der Waals surface area (Å²) >= 11 is 0. The van der Waals surface area contributed by atoms with Crippen LogP contribution in [0.5, 0.6) is 5.75 Å². The first-order valence-corrected chi connectivity index (χ1v) is 10.4. The normalized spacial score (nSPS) is 14.2. The van der Waals surface area contributed by atoms with E-state index in [9.17, 15) is 9.59 Å². The molecule has 3 aromatic rings. The van der Waals surface area contributed by atoms with E-state index in [2.05, 4.69) is 6.07 Å². The maximum absolute atomic E-state index is 13.5. The number of imide groups is 1. The Kier molecular flexibility index (Phi) is 6.14. The third kappa shape index (κ3) is 4.30. The first-order chi connectivity index (χ1) is 15.6. The molecule has 0 aliphatic carbocycles. The number of nitrogens with zero attached hydrogens (tertiary/aromatic N) is 2. The molecule has 0 unspecified atom stereocenters. The third-order valence-corrected chi connectivity index (χ3v) is 5.21. The molecule has 5 nitrogen and oxygen atoms in total. The van der Waals surface area contributed by atoms with Crippen molar-refractivity contribution in [2.45, 2.75) is 19.8 Å². The van der Waals surface area contributed by atoms with E-state index >= 15 is 0 Å². The first kappa shape index (κ1) is 21.1. The van der Waals surface area contributed by atoms with Gasteiger partial charge in [0.25, 0.3) is 11.8 Å². The van der Waals surface area contributed by atoms with Crippen LogP contribution >= 0.6 is 0 Å². The number of nitriles is 1. The highest BCUT2D eigenvalue weighted by Crippen LogP contribution is 2.34. The van der Waals surface area contributed by atoms with Crippen LogP contribution in [0.15, 0.2) is 72.8 Å². The summed E-state index contributed by atoms with van der Waals surface area (Å²) in [6.07, 6.45) is 2.89. The number of carbonyl (C=O) groups excluding carboxylic acids is 2. The van der Waals surface area contributed by atoms with Crippen LogP contribution in [0.4, 0.5) is 5.69 Å². The van der Waals surface area contributed by atoms with Crippen molar-refractivity contribution >= 4 is 29.2 Å². The lowest BCUT2D eigenvalue weighted by Crippen LogP contribution is -2.41. The SMILES string of the molecule is Cc1cccc(N2C(=O)/C(=C/c3cccc(OCCCC#N)c3)c3ccccc3C2=O)c1. The van der Waals surface area contributed by atoms with Crippen molar-refractivity contribution in [2.24, 2.45) is 0 Å². The van der Waals surface area contributed by atoms with Gasteiger partial charge in [0.1, 0.15) is 5.75 Å². The molecule has 3 aromatic carbocycles. The molecule has 0 spiro atoms. The third-order valence-electron chi connectivity index (χ3n) is 5.21. The van der Waals surface area contributed by atoms with Crippen LogP contribution in [0.2, 0.25) is 0 Å². The molecule has 5 heteroatoms. The van der Waals surface area contributed by atoms with E-state index in [-0.39, 0.29) is 11.8 Å². The second kappa shape index (κ2) is 9.32. The van der Waals surface area contributed by atoms with Crippen LogP contribution in [0.25, 0.3) is 11.6 Å². The monoisotopic (exact) mass is 422 g/mol. The molecule has 0 fully saturated rings. The van der Waals surface area contributed by atoms with Gasteiger partial charge in [-0.1, -0.05) is 42.5 Å². The van der Waals surface area contributed by atoms with Gasteiger partial charge in [-0.2, -0.15) is 5.26 Å². The molecule has 158 valence electrons. The second-order valence-corrected chi connectivity index (χ2v) is 7.57. The van der Waals surface area contributed by atoms with Gasteiger partial charge in [-0.3, -0.25) is 9.59 Å². The molecule has 32 heavy (non-hydrogen) atoms. The highest BCUT2D eigenvalue weighted by molar-refractivity contribution is 6.43. The summed E-state index contributed by atoms with van der Waals surface area (Å²) in [4.78, 5) is 28.0. The number of anilines is 1. The minimum atomic E-state index is -0.361. The molecule has 0 atom stereocenters. The van der Waals surface area contributed by atoms with Gasteiger partial charge in [0.05, 0.1) is 18.4 Å². The minimum Gasteiger partial charge on any atom is -0.494 e. The highest BCUT2D eigenvalue weighted by atomic mass is 16.5. The van der Waals surface area contributed by atoms with Crippen LogP contribution in [0.1, 0.15) is 39.9 Å². The van der Waals surface area contributed by atoms with Gasteiger partial charge < -0.3 is 4.74 Å². The largest absolute Gasteiger partial charge is 0.494 e. The van der Waals surface area contributed by atoms with Crippen molar-refractivity contribution in [2.75, 3.05) is 11.5 Å². The molecule has 1 aliphatic heterocycles. The van der Waals surface area contributed by atoms with E-state index in [0.29, 0.717) is 47.6 Å². The Morgan fingerprint density at radius 1 is 0.938 bits per heavy atom. The second-order valence-electron chi connectivity index (χ2n) is 7.57. The Morgan fingerprint density at radius 2 is 1.72 bits per heavy atom. The van der Waals surface area contributed by atoms with Gasteiger partial charge >= 0.3 is 0 Å². The zero-order chi connectivity index (χ0) is 22.5. The van der Waals surface area contributed by atoms with Crippen LogP contribution in [-0.4, -0.2) is 18.4 Å². The van der Waals surface area contributed by atoms with Gasteiger partial charge in [-0.05, 0) is 66.4 Å². The van der Waals surface area contributed by atoms with E-state index in [1.807, 2.05) is 55.5 Å². The van der Waals surface area contributed by atoms with Gasteiger partial charge in [0.2, 0.25) is 0 Å². The topological polar surface area (TPSA) is 70.4 Å². The summed E-state index contributed by atoms with van der Waals surface area (Å²) in [5, 5.41) is 8.66. The van der Waals surface area contributed by atoms with E-state index in [1.54, 1.807) is 30.3 Å². The summed E-state index contributed by atoms with van der Waals surface area (Å²) in [7, 11) is 0. The van der Waals surface area contributed by atoms with Crippen molar-refractivity contribution in [3.05, 3.63) is 95.1 Å². The maximum Gasteiger partial charge on any atom is 0.265 e. The average Bonchev–Trinajstić information content (AvgIpc) is 2.80.